The van der Waals surface area contributed by atoms with E-state index in [0.717, 1.165) is 11.3 Å². The molecule has 0 aliphatic rings. The van der Waals surface area contributed by atoms with Gasteiger partial charge in [0, 0.05) is 0 Å². The number of amides is 1. The molecule has 0 fully saturated rings. The highest BCUT2D eigenvalue weighted by atomic mass is 35.5. The quantitative estimate of drug-likeness (QED) is 0.684. The number of rotatable bonds is 5. The van der Waals surface area contributed by atoms with Crippen molar-refractivity contribution in [2.75, 3.05) is 19.5 Å². The minimum Gasteiger partial charge on any atom is -0.494 e. The monoisotopic (exact) mass is 367 g/mol. The van der Waals surface area contributed by atoms with Crippen LogP contribution in [0.2, 0.25) is 5.15 Å². The van der Waals surface area contributed by atoms with Gasteiger partial charge in [-0.2, -0.15) is 0 Å². The van der Waals surface area contributed by atoms with E-state index in [-0.39, 0.29) is 21.5 Å². The maximum Gasteiger partial charge on any atom is 0.295 e. The van der Waals surface area contributed by atoms with Gasteiger partial charge in [-0.1, -0.05) is 21.9 Å². The van der Waals surface area contributed by atoms with Crippen molar-refractivity contribution in [1.82, 2.24) is 20.3 Å². The van der Waals surface area contributed by atoms with E-state index in [9.17, 15) is 4.79 Å². The second kappa shape index (κ2) is 6.81. The number of pyridine rings is 1. The van der Waals surface area contributed by atoms with E-state index in [2.05, 4.69) is 25.7 Å². The SMILES string of the molecule is COc1nnc(NC(=O)c2conc2-c2cc(Cl)ncc2OC)s1. The first kappa shape index (κ1) is 16.1. The summed E-state index contributed by atoms with van der Waals surface area (Å²) in [6.07, 6.45) is 2.65. The Bertz CT molecular complexity index is 881. The molecule has 9 nitrogen and oxygen atoms in total. The Kier molecular flexibility index (Phi) is 4.58. The molecule has 3 rings (SSSR count). The highest BCUT2D eigenvalue weighted by Crippen LogP contribution is 2.33. The van der Waals surface area contributed by atoms with Crippen LogP contribution in [0.15, 0.2) is 23.0 Å². The van der Waals surface area contributed by atoms with Crippen LogP contribution in [0.25, 0.3) is 11.3 Å². The Morgan fingerprint density at radius 2 is 2.17 bits per heavy atom. The number of ether oxygens (including phenoxy) is 2. The topological polar surface area (TPSA) is 112 Å². The van der Waals surface area contributed by atoms with Gasteiger partial charge >= 0.3 is 0 Å². The van der Waals surface area contributed by atoms with Gasteiger partial charge < -0.3 is 14.0 Å². The fourth-order valence-corrected chi connectivity index (χ4v) is 2.58. The van der Waals surface area contributed by atoms with E-state index in [1.807, 2.05) is 0 Å². The zero-order valence-corrected chi connectivity index (χ0v) is 14.0. The average molecular weight is 368 g/mol. The first-order valence-corrected chi connectivity index (χ1v) is 7.65. The summed E-state index contributed by atoms with van der Waals surface area (Å²) in [5.41, 5.74) is 0.932. The maximum atomic E-state index is 12.4. The summed E-state index contributed by atoms with van der Waals surface area (Å²) in [5.74, 6) is -0.0695. The van der Waals surface area contributed by atoms with E-state index in [0.29, 0.717) is 16.5 Å². The van der Waals surface area contributed by atoms with Gasteiger partial charge in [-0.05, 0) is 17.4 Å². The first-order chi connectivity index (χ1) is 11.6. The van der Waals surface area contributed by atoms with Crippen LogP contribution < -0.4 is 14.8 Å². The molecule has 3 aromatic rings. The van der Waals surface area contributed by atoms with Crippen LogP contribution in [-0.2, 0) is 0 Å². The number of aromatic nitrogens is 4. The van der Waals surface area contributed by atoms with Crippen LogP contribution in [0, 0.1) is 0 Å². The summed E-state index contributed by atoms with van der Waals surface area (Å²) in [7, 11) is 2.94. The molecule has 3 aromatic heterocycles. The third-order valence-corrected chi connectivity index (χ3v) is 3.93. The Labute approximate surface area is 144 Å². The van der Waals surface area contributed by atoms with Crippen molar-refractivity contribution in [1.29, 1.82) is 0 Å². The van der Waals surface area contributed by atoms with Crippen LogP contribution in [0.1, 0.15) is 10.4 Å². The molecule has 0 radical (unpaired) electrons. The van der Waals surface area contributed by atoms with Crippen molar-refractivity contribution in [3.05, 3.63) is 29.2 Å². The van der Waals surface area contributed by atoms with Crippen molar-refractivity contribution in [3.63, 3.8) is 0 Å². The summed E-state index contributed by atoms with van der Waals surface area (Å²) in [6.45, 7) is 0. The van der Waals surface area contributed by atoms with Gasteiger partial charge in [0.2, 0.25) is 5.13 Å². The van der Waals surface area contributed by atoms with E-state index in [1.54, 1.807) is 0 Å². The molecule has 0 saturated heterocycles. The molecule has 0 bridgehead atoms. The number of carbonyl (C=O) groups excluding carboxylic acids is 1. The van der Waals surface area contributed by atoms with Gasteiger partial charge in [0.25, 0.3) is 11.1 Å². The molecule has 0 aromatic carbocycles. The van der Waals surface area contributed by atoms with Gasteiger partial charge in [-0.15, -0.1) is 5.10 Å². The van der Waals surface area contributed by atoms with Gasteiger partial charge in [0.1, 0.15) is 28.4 Å². The highest BCUT2D eigenvalue weighted by molar-refractivity contribution is 7.17. The predicted octanol–water partition coefficient (Wildman–Crippen LogP) is 2.51. The summed E-state index contributed by atoms with van der Waals surface area (Å²) < 4.78 is 15.1. The van der Waals surface area contributed by atoms with Crippen LogP contribution in [0.5, 0.6) is 10.9 Å². The molecule has 0 aliphatic heterocycles. The summed E-state index contributed by atoms with van der Waals surface area (Å²) in [6, 6.07) is 1.53. The van der Waals surface area contributed by atoms with Gasteiger partial charge in [0.15, 0.2) is 0 Å². The van der Waals surface area contributed by atoms with Crippen LogP contribution in [-0.4, -0.2) is 40.5 Å². The van der Waals surface area contributed by atoms with Crippen molar-refractivity contribution < 1.29 is 18.8 Å². The first-order valence-electron chi connectivity index (χ1n) is 6.45. The number of anilines is 1. The molecular formula is C13H10ClN5O4S. The Hall–Kier alpha value is -2.72. The van der Waals surface area contributed by atoms with Crippen molar-refractivity contribution >= 4 is 34.0 Å². The fraction of sp³-hybridized carbons (Fsp3) is 0.154. The lowest BCUT2D eigenvalue weighted by atomic mass is 10.1. The standard InChI is InChI=1S/C13H10ClN5O4S/c1-21-8-4-15-9(14)3-6(8)10-7(5-23-19-10)11(20)16-12-17-18-13(22-2)24-12/h3-5H,1-2H3,(H,16,17,20). The van der Waals surface area contributed by atoms with Crippen molar-refractivity contribution in [2.24, 2.45) is 0 Å². The number of carbonyl (C=O) groups is 1. The third kappa shape index (κ3) is 3.14. The number of hydrogen-bond acceptors (Lipinski definition) is 9. The third-order valence-electron chi connectivity index (χ3n) is 2.92. The van der Waals surface area contributed by atoms with E-state index < -0.39 is 5.91 Å². The minimum absolute atomic E-state index is 0.185. The lowest BCUT2D eigenvalue weighted by molar-refractivity contribution is 0.102. The van der Waals surface area contributed by atoms with Gasteiger partial charge in [-0.3, -0.25) is 10.1 Å². The molecule has 0 saturated carbocycles. The molecule has 1 N–H and O–H groups in total. The number of methoxy groups -OCH3 is 2. The fourth-order valence-electron chi connectivity index (χ4n) is 1.86. The summed E-state index contributed by atoms with van der Waals surface area (Å²) in [5, 5.41) is 14.8. The number of halogens is 1. The van der Waals surface area contributed by atoms with E-state index >= 15 is 0 Å². The van der Waals surface area contributed by atoms with E-state index in [4.69, 9.17) is 25.6 Å². The molecule has 0 unspecified atom stereocenters. The second-order valence-electron chi connectivity index (χ2n) is 4.32. The normalized spacial score (nSPS) is 10.5. The van der Waals surface area contributed by atoms with E-state index in [1.165, 1.54) is 32.7 Å². The van der Waals surface area contributed by atoms with Crippen LogP contribution in [0.3, 0.4) is 0 Å². The highest BCUT2D eigenvalue weighted by Gasteiger charge is 2.22. The molecule has 0 spiro atoms. The second-order valence-corrected chi connectivity index (χ2v) is 5.64. The predicted molar refractivity (Wildman–Crippen MR) is 85.7 cm³/mol. The molecular weight excluding hydrogens is 358 g/mol. The lowest BCUT2D eigenvalue weighted by Crippen LogP contribution is -2.12. The zero-order valence-electron chi connectivity index (χ0n) is 12.4. The maximum absolute atomic E-state index is 12.4. The molecule has 24 heavy (non-hydrogen) atoms. The smallest absolute Gasteiger partial charge is 0.295 e. The Morgan fingerprint density at radius 3 is 2.88 bits per heavy atom. The Morgan fingerprint density at radius 1 is 1.33 bits per heavy atom. The van der Waals surface area contributed by atoms with Crippen LogP contribution in [0.4, 0.5) is 5.13 Å². The molecule has 0 aliphatic carbocycles. The van der Waals surface area contributed by atoms with Crippen molar-refractivity contribution in [3.8, 4) is 22.2 Å². The Balaban J connectivity index is 1.92. The molecule has 1 amide bonds. The molecule has 124 valence electrons. The largest absolute Gasteiger partial charge is 0.494 e. The van der Waals surface area contributed by atoms with Gasteiger partial charge in [-0.25, -0.2) is 4.98 Å². The summed E-state index contributed by atoms with van der Waals surface area (Å²) in [4.78, 5) is 16.4. The summed E-state index contributed by atoms with van der Waals surface area (Å²) >= 11 is 7.00. The molecule has 0 atom stereocenters. The van der Waals surface area contributed by atoms with Crippen LogP contribution >= 0.6 is 22.9 Å². The average Bonchev–Trinajstić information content (AvgIpc) is 3.23. The zero-order chi connectivity index (χ0) is 17.1. The number of hydrogen-bond donors (Lipinski definition) is 1. The molecule has 11 heteroatoms. The van der Waals surface area contributed by atoms with Gasteiger partial charge in [0.05, 0.1) is 26.0 Å². The lowest BCUT2D eigenvalue weighted by Gasteiger charge is -2.07. The molecule has 3 heterocycles. The van der Waals surface area contributed by atoms with Crippen molar-refractivity contribution in [2.45, 2.75) is 0 Å². The number of nitrogens with one attached hydrogen (secondary N) is 1. The number of nitrogens with zero attached hydrogens (tertiary/aromatic N) is 4. The minimum atomic E-state index is -0.472.